The van der Waals surface area contributed by atoms with E-state index in [-0.39, 0.29) is 12.5 Å². The van der Waals surface area contributed by atoms with Gasteiger partial charge in [-0.15, -0.1) is 0 Å². The molecular weight excluding hydrogens is 314 g/mol. The van der Waals surface area contributed by atoms with Gasteiger partial charge in [0.05, 0.1) is 19.4 Å². The molecule has 0 aliphatic heterocycles. The minimum absolute atomic E-state index is 0.116. The van der Waals surface area contributed by atoms with Crippen LogP contribution in [0.4, 0.5) is 5.69 Å². The summed E-state index contributed by atoms with van der Waals surface area (Å²) in [5.41, 5.74) is 4.92. The summed E-state index contributed by atoms with van der Waals surface area (Å²) in [7, 11) is 1.60. The molecule has 6 heteroatoms. The SMILES string of the molecule is COc1cccc(NCC(=O)N/N=C(/C)c2ccc(Cl)cc2)c1. The number of anilines is 1. The second kappa shape index (κ2) is 8.19. The van der Waals surface area contributed by atoms with Gasteiger partial charge in [0.1, 0.15) is 5.75 Å². The lowest BCUT2D eigenvalue weighted by molar-refractivity contribution is -0.119. The van der Waals surface area contributed by atoms with Crippen molar-refractivity contribution in [3.63, 3.8) is 0 Å². The fourth-order valence-electron chi connectivity index (χ4n) is 1.86. The van der Waals surface area contributed by atoms with Gasteiger partial charge in [-0.2, -0.15) is 5.10 Å². The van der Waals surface area contributed by atoms with Crippen LogP contribution >= 0.6 is 11.6 Å². The Morgan fingerprint density at radius 2 is 1.96 bits per heavy atom. The number of nitrogens with one attached hydrogen (secondary N) is 2. The molecule has 23 heavy (non-hydrogen) atoms. The van der Waals surface area contributed by atoms with Crippen LogP contribution in [0.5, 0.6) is 5.75 Å². The number of carbonyl (C=O) groups is 1. The molecule has 0 bridgehead atoms. The van der Waals surface area contributed by atoms with Gasteiger partial charge in [-0.25, -0.2) is 5.43 Å². The zero-order valence-electron chi connectivity index (χ0n) is 13.0. The summed E-state index contributed by atoms with van der Waals surface area (Å²) in [5, 5.41) is 7.75. The largest absolute Gasteiger partial charge is 0.497 e. The third-order valence-electron chi connectivity index (χ3n) is 3.13. The van der Waals surface area contributed by atoms with Crippen LogP contribution in [0.1, 0.15) is 12.5 Å². The highest BCUT2D eigenvalue weighted by Crippen LogP contribution is 2.16. The second-order valence-electron chi connectivity index (χ2n) is 4.82. The van der Waals surface area contributed by atoms with E-state index in [1.807, 2.05) is 43.3 Å². The molecule has 0 aliphatic carbocycles. The number of hydrogen-bond acceptors (Lipinski definition) is 4. The maximum atomic E-state index is 11.8. The predicted octanol–water partition coefficient (Wildman–Crippen LogP) is 3.30. The van der Waals surface area contributed by atoms with Crippen molar-refractivity contribution in [2.24, 2.45) is 5.10 Å². The van der Waals surface area contributed by atoms with Crippen molar-refractivity contribution >= 4 is 28.9 Å². The molecule has 1 amide bonds. The summed E-state index contributed by atoms with van der Waals surface area (Å²) in [4.78, 5) is 11.8. The van der Waals surface area contributed by atoms with Crippen LogP contribution < -0.4 is 15.5 Å². The third-order valence-corrected chi connectivity index (χ3v) is 3.39. The van der Waals surface area contributed by atoms with Gasteiger partial charge in [0.2, 0.25) is 0 Å². The Morgan fingerprint density at radius 3 is 2.65 bits per heavy atom. The molecule has 2 aromatic carbocycles. The lowest BCUT2D eigenvalue weighted by Gasteiger charge is -2.07. The molecule has 0 saturated carbocycles. The van der Waals surface area contributed by atoms with Crippen molar-refractivity contribution in [1.29, 1.82) is 0 Å². The van der Waals surface area contributed by atoms with Gasteiger partial charge in [-0.3, -0.25) is 4.79 Å². The molecule has 0 aliphatic rings. The van der Waals surface area contributed by atoms with E-state index in [0.717, 1.165) is 17.0 Å². The monoisotopic (exact) mass is 331 g/mol. The van der Waals surface area contributed by atoms with Crippen LogP contribution in [0, 0.1) is 0 Å². The quantitative estimate of drug-likeness (QED) is 0.630. The van der Waals surface area contributed by atoms with E-state index in [1.54, 1.807) is 19.2 Å². The zero-order chi connectivity index (χ0) is 16.7. The van der Waals surface area contributed by atoms with E-state index in [0.29, 0.717) is 10.7 Å². The predicted molar refractivity (Wildman–Crippen MR) is 93.3 cm³/mol. The zero-order valence-corrected chi connectivity index (χ0v) is 13.7. The molecule has 0 spiro atoms. The van der Waals surface area contributed by atoms with E-state index in [1.165, 1.54) is 0 Å². The van der Waals surface area contributed by atoms with Crippen LogP contribution in [-0.4, -0.2) is 25.3 Å². The molecule has 2 N–H and O–H groups in total. The normalized spacial score (nSPS) is 11.0. The van der Waals surface area contributed by atoms with Gasteiger partial charge in [0.25, 0.3) is 5.91 Å². The van der Waals surface area contributed by atoms with Gasteiger partial charge in [0, 0.05) is 16.8 Å². The number of nitrogens with zero attached hydrogens (tertiary/aromatic N) is 1. The molecule has 0 radical (unpaired) electrons. The molecule has 0 fully saturated rings. The summed E-state index contributed by atoms with van der Waals surface area (Å²) in [6.07, 6.45) is 0. The van der Waals surface area contributed by atoms with Gasteiger partial charge in [-0.05, 0) is 36.8 Å². The molecule has 0 heterocycles. The summed E-state index contributed by atoms with van der Waals surface area (Å²) in [6.45, 7) is 1.93. The summed E-state index contributed by atoms with van der Waals surface area (Å²) in [5.74, 6) is 0.494. The summed E-state index contributed by atoms with van der Waals surface area (Å²) < 4.78 is 5.13. The van der Waals surface area contributed by atoms with Crippen molar-refractivity contribution in [2.75, 3.05) is 19.0 Å². The average molecular weight is 332 g/mol. The Balaban J connectivity index is 1.86. The summed E-state index contributed by atoms with van der Waals surface area (Å²) >= 11 is 5.84. The molecule has 0 unspecified atom stereocenters. The molecule has 0 aromatic heterocycles. The Morgan fingerprint density at radius 1 is 1.22 bits per heavy atom. The molecule has 0 saturated heterocycles. The number of amides is 1. The van der Waals surface area contributed by atoms with Gasteiger partial charge in [-0.1, -0.05) is 29.8 Å². The molecule has 0 atom stereocenters. The number of halogens is 1. The number of benzene rings is 2. The smallest absolute Gasteiger partial charge is 0.259 e. The molecule has 5 nitrogen and oxygen atoms in total. The fraction of sp³-hybridized carbons (Fsp3) is 0.176. The Bertz CT molecular complexity index is 699. The second-order valence-corrected chi connectivity index (χ2v) is 5.26. The van der Waals surface area contributed by atoms with Crippen molar-refractivity contribution in [1.82, 2.24) is 5.43 Å². The van der Waals surface area contributed by atoms with Gasteiger partial charge < -0.3 is 10.1 Å². The number of rotatable bonds is 6. The maximum Gasteiger partial charge on any atom is 0.259 e. The summed E-state index contributed by atoms with van der Waals surface area (Å²) in [6, 6.07) is 14.6. The van der Waals surface area contributed by atoms with Crippen molar-refractivity contribution in [3.8, 4) is 5.75 Å². The minimum Gasteiger partial charge on any atom is -0.497 e. The van der Waals surface area contributed by atoms with Crippen LogP contribution in [-0.2, 0) is 4.79 Å². The Kier molecular flexibility index (Phi) is 6.00. The first kappa shape index (κ1) is 16.8. The molecular formula is C17H18ClN3O2. The number of hydrogen-bond donors (Lipinski definition) is 2. The van der Waals surface area contributed by atoms with E-state index < -0.39 is 0 Å². The molecule has 2 rings (SSSR count). The highest BCUT2D eigenvalue weighted by Gasteiger charge is 2.02. The van der Waals surface area contributed by atoms with Crippen molar-refractivity contribution in [2.45, 2.75) is 6.92 Å². The van der Waals surface area contributed by atoms with Crippen LogP contribution in [0.2, 0.25) is 5.02 Å². The third kappa shape index (κ3) is 5.30. The van der Waals surface area contributed by atoms with Crippen molar-refractivity contribution < 1.29 is 9.53 Å². The van der Waals surface area contributed by atoms with E-state index in [9.17, 15) is 4.79 Å². The minimum atomic E-state index is -0.235. The highest BCUT2D eigenvalue weighted by atomic mass is 35.5. The fourth-order valence-corrected chi connectivity index (χ4v) is 1.98. The van der Waals surface area contributed by atoms with Crippen LogP contribution in [0.15, 0.2) is 53.6 Å². The lowest BCUT2D eigenvalue weighted by Crippen LogP contribution is -2.26. The maximum absolute atomic E-state index is 11.8. The Labute approximate surface area is 140 Å². The van der Waals surface area contributed by atoms with E-state index >= 15 is 0 Å². The Hall–Kier alpha value is -2.53. The number of carbonyl (C=O) groups excluding carboxylic acids is 1. The number of methoxy groups -OCH3 is 1. The standard InChI is InChI=1S/C17H18ClN3O2/c1-12(13-6-8-14(18)9-7-13)20-21-17(22)11-19-15-4-3-5-16(10-15)23-2/h3-10,19H,11H2,1-2H3,(H,21,22)/b20-12-. The first-order valence-corrected chi connectivity index (χ1v) is 7.43. The van der Waals surface area contributed by atoms with Crippen molar-refractivity contribution in [3.05, 3.63) is 59.1 Å². The average Bonchev–Trinajstić information content (AvgIpc) is 2.58. The number of ether oxygens (including phenoxy) is 1. The highest BCUT2D eigenvalue weighted by molar-refractivity contribution is 6.30. The first-order chi connectivity index (χ1) is 11.1. The van der Waals surface area contributed by atoms with Crippen LogP contribution in [0.3, 0.4) is 0 Å². The van der Waals surface area contributed by atoms with E-state index in [4.69, 9.17) is 16.3 Å². The lowest BCUT2D eigenvalue weighted by atomic mass is 10.1. The van der Waals surface area contributed by atoms with Gasteiger partial charge >= 0.3 is 0 Å². The van der Waals surface area contributed by atoms with Crippen LogP contribution in [0.25, 0.3) is 0 Å². The molecule has 120 valence electrons. The van der Waals surface area contributed by atoms with Gasteiger partial charge in [0.15, 0.2) is 0 Å². The van der Waals surface area contributed by atoms with E-state index in [2.05, 4.69) is 15.8 Å². The first-order valence-electron chi connectivity index (χ1n) is 7.05. The topological polar surface area (TPSA) is 62.7 Å². The number of hydrazone groups is 1. The molecule has 2 aromatic rings.